The van der Waals surface area contributed by atoms with Gasteiger partial charge in [0.1, 0.15) is 6.33 Å². The highest BCUT2D eigenvalue weighted by molar-refractivity contribution is 7.99. The average molecular weight is 430 g/mol. The minimum Gasteiger partial charge on any atom is -0.376 e. The van der Waals surface area contributed by atoms with E-state index in [0.29, 0.717) is 21.8 Å². The van der Waals surface area contributed by atoms with E-state index in [9.17, 15) is 4.79 Å². The first-order valence-electron chi connectivity index (χ1n) is 9.25. The van der Waals surface area contributed by atoms with Gasteiger partial charge in [-0.2, -0.15) is 0 Å². The van der Waals surface area contributed by atoms with Gasteiger partial charge in [-0.15, -0.1) is 10.2 Å². The van der Waals surface area contributed by atoms with Gasteiger partial charge >= 0.3 is 0 Å². The van der Waals surface area contributed by atoms with Crippen molar-refractivity contribution in [2.75, 3.05) is 30.1 Å². The molecule has 8 heteroatoms. The number of carbonyl (C=O) groups is 1. The summed E-state index contributed by atoms with van der Waals surface area (Å²) in [6.07, 6.45) is 1.66. The number of amides is 1. The van der Waals surface area contributed by atoms with E-state index in [1.54, 1.807) is 12.4 Å². The Hall–Kier alpha value is -2.51. The Bertz CT molecular complexity index is 985. The summed E-state index contributed by atoms with van der Waals surface area (Å²) in [6, 6.07) is 13.7. The highest BCUT2D eigenvalue weighted by atomic mass is 35.5. The Balaban J connectivity index is 1.63. The second-order valence-corrected chi connectivity index (χ2v) is 8.48. The lowest BCUT2D eigenvalue weighted by atomic mass is 10.0. The van der Waals surface area contributed by atoms with Crippen LogP contribution in [-0.4, -0.2) is 40.5 Å². The summed E-state index contributed by atoms with van der Waals surface area (Å²) in [7, 11) is 3.84. The topological polar surface area (TPSA) is 63.1 Å². The molecule has 152 valence electrons. The molecule has 3 rings (SSSR count). The van der Waals surface area contributed by atoms with Crippen molar-refractivity contribution < 1.29 is 4.79 Å². The van der Waals surface area contributed by atoms with Crippen LogP contribution in [0.15, 0.2) is 53.9 Å². The third-order valence-electron chi connectivity index (χ3n) is 4.40. The van der Waals surface area contributed by atoms with Crippen LogP contribution in [0.2, 0.25) is 5.02 Å². The Kier molecular flexibility index (Phi) is 6.82. The molecule has 0 aliphatic heterocycles. The number of nitrogens with zero attached hydrogens (tertiary/aromatic N) is 4. The molecular formula is C21H24ClN5OS. The fourth-order valence-corrected chi connectivity index (χ4v) is 3.87. The molecule has 0 saturated heterocycles. The van der Waals surface area contributed by atoms with Crippen LogP contribution < -0.4 is 10.2 Å². The molecule has 0 aliphatic carbocycles. The van der Waals surface area contributed by atoms with E-state index in [1.807, 2.05) is 47.8 Å². The lowest BCUT2D eigenvalue weighted by molar-refractivity contribution is -0.113. The summed E-state index contributed by atoms with van der Waals surface area (Å²) in [4.78, 5) is 14.3. The lowest BCUT2D eigenvalue weighted by Gasteiger charge is -2.15. The minimum atomic E-state index is -0.131. The molecule has 0 aliphatic rings. The predicted octanol–water partition coefficient (Wildman–Crippen LogP) is 4.84. The first-order chi connectivity index (χ1) is 13.8. The van der Waals surface area contributed by atoms with Gasteiger partial charge in [-0.1, -0.05) is 49.3 Å². The second-order valence-electron chi connectivity index (χ2n) is 7.13. The van der Waals surface area contributed by atoms with Gasteiger partial charge in [-0.25, -0.2) is 0 Å². The van der Waals surface area contributed by atoms with Crippen molar-refractivity contribution in [2.24, 2.45) is 0 Å². The van der Waals surface area contributed by atoms with Crippen LogP contribution in [0.5, 0.6) is 0 Å². The zero-order valence-electron chi connectivity index (χ0n) is 16.9. The van der Waals surface area contributed by atoms with Gasteiger partial charge in [0.25, 0.3) is 0 Å². The fourth-order valence-electron chi connectivity index (χ4n) is 2.79. The quantitative estimate of drug-likeness (QED) is 0.544. The summed E-state index contributed by atoms with van der Waals surface area (Å²) in [6.45, 7) is 4.32. The SMILES string of the molecule is CC(C)c1ccc(-n2cnnc2SCC(=O)Nc2ccc(N(C)C)c(Cl)c2)cc1. The van der Waals surface area contributed by atoms with E-state index in [4.69, 9.17) is 11.6 Å². The Morgan fingerprint density at radius 3 is 2.55 bits per heavy atom. The number of aromatic nitrogens is 3. The molecule has 2 aromatic carbocycles. The highest BCUT2D eigenvalue weighted by Crippen LogP contribution is 2.28. The van der Waals surface area contributed by atoms with Crippen LogP contribution in [0.25, 0.3) is 5.69 Å². The van der Waals surface area contributed by atoms with Gasteiger partial charge in [0.15, 0.2) is 5.16 Å². The van der Waals surface area contributed by atoms with Crippen LogP contribution >= 0.6 is 23.4 Å². The van der Waals surface area contributed by atoms with Crippen LogP contribution in [0.1, 0.15) is 25.3 Å². The van der Waals surface area contributed by atoms with Crippen molar-refractivity contribution in [1.29, 1.82) is 0 Å². The predicted molar refractivity (Wildman–Crippen MR) is 121 cm³/mol. The molecule has 1 amide bonds. The molecule has 0 radical (unpaired) electrons. The molecule has 0 spiro atoms. The molecule has 0 atom stereocenters. The molecule has 3 aromatic rings. The first kappa shape index (κ1) is 21.2. The van der Waals surface area contributed by atoms with Crippen molar-refractivity contribution in [3.8, 4) is 5.69 Å². The number of benzene rings is 2. The molecule has 29 heavy (non-hydrogen) atoms. The summed E-state index contributed by atoms with van der Waals surface area (Å²) in [5.74, 6) is 0.562. The van der Waals surface area contributed by atoms with E-state index < -0.39 is 0 Å². The maximum Gasteiger partial charge on any atom is 0.234 e. The number of thioether (sulfide) groups is 1. The average Bonchev–Trinajstić information content (AvgIpc) is 3.15. The summed E-state index contributed by atoms with van der Waals surface area (Å²) in [5, 5.41) is 12.3. The van der Waals surface area contributed by atoms with Crippen molar-refractivity contribution in [1.82, 2.24) is 14.8 Å². The van der Waals surface area contributed by atoms with Gasteiger partial charge in [-0.05, 0) is 41.8 Å². The van der Waals surface area contributed by atoms with Crippen LogP contribution in [0.4, 0.5) is 11.4 Å². The molecule has 0 saturated carbocycles. The van der Waals surface area contributed by atoms with Crippen molar-refractivity contribution in [2.45, 2.75) is 24.9 Å². The van der Waals surface area contributed by atoms with E-state index in [0.717, 1.165) is 11.4 Å². The smallest absolute Gasteiger partial charge is 0.234 e. The molecular weight excluding hydrogens is 406 g/mol. The number of anilines is 2. The fraction of sp³-hybridized carbons (Fsp3) is 0.286. The van der Waals surface area contributed by atoms with E-state index >= 15 is 0 Å². The highest BCUT2D eigenvalue weighted by Gasteiger charge is 2.12. The van der Waals surface area contributed by atoms with Crippen LogP contribution in [0.3, 0.4) is 0 Å². The summed E-state index contributed by atoms with van der Waals surface area (Å²) >= 11 is 7.60. The monoisotopic (exact) mass is 429 g/mol. The zero-order valence-corrected chi connectivity index (χ0v) is 18.5. The Morgan fingerprint density at radius 1 is 1.21 bits per heavy atom. The van der Waals surface area contributed by atoms with Crippen LogP contribution in [0, 0.1) is 0 Å². The van der Waals surface area contributed by atoms with Gasteiger partial charge in [-0.3, -0.25) is 9.36 Å². The Morgan fingerprint density at radius 2 is 1.93 bits per heavy atom. The van der Waals surface area contributed by atoms with Crippen molar-refractivity contribution in [3.05, 3.63) is 59.4 Å². The maximum atomic E-state index is 12.4. The molecule has 1 heterocycles. The molecule has 1 aromatic heterocycles. The van der Waals surface area contributed by atoms with Crippen molar-refractivity contribution in [3.63, 3.8) is 0 Å². The number of nitrogens with one attached hydrogen (secondary N) is 1. The van der Waals surface area contributed by atoms with Gasteiger partial charge in [0.05, 0.1) is 16.5 Å². The molecule has 0 fully saturated rings. The van der Waals surface area contributed by atoms with E-state index in [-0.39, 0.29) is 11.7 Å². The normalized spacial score (nSPS) is 11.0. The molecule has 1 N–H and O–H groups in total. The molecule has 0 unspecified atom stereocenters. The third-order valence-corrected chi connectivity index (χ3v) is 5.65. The standard InChI is InChI=1S/C21H24ClN5OS/c1-14(2)15-5-8-17(9-6-15)27-13-23-25-21(27)29-12-20(28)24-16-7-10-19(26(3)4)18(22)11-16/h5-11,13-14H,12H2,1-4H3,(H,24,28). The van der Waals surface area contributed by atoms with E-state index in [1.165, 1.54) is 17.3 Å². The number of halogens is 1. The van der Waals surface area contributed by atoms with Crippen LogP contribution in [-0.2, 0) is 4.79 Å². The minimum absolute atomic E-state index is 0.131. The summed E-state index contributed by atoms with van der Waals surface area (Å²) < 4.78 is 1.88. The van der Waals surface area contributed by atoms with Gasteiger partial charge < -0.3 is 10.2 Å². The third kappa shape index (κ3) is 5.31. The molecule has 6 nitrogen and oxygen atoms in total. The van der Waals surface area contributed by atoms with Gasteiger partial charge in [0, 0.05) is 25.5 Å². The lowest BCUT2D eigenvalue weighted by Crippen LogP contribution is -2.15. The number of carbonyl (C=O) groups excluding carboxylic acids is 1. The van der Waals surface area contributed by atoms with E-state index in [2.05, 4.69) is 41.5 Å². The largest absolute Gasteiger partial charge is 0.376 e. The van der Waals surface area contributed by atoms with Gasteiger partial charge in [0.2, 0.25) is 5.91 Å². The second kappa shape index (κ2) is 9.33. The molecule has 0 bridgehead atoms. The number of hydrogen-bond acceptors (Lipinski definition) is 5. The summed E-state index contributed by atoms with van der Waals surface area (Å²) in [5.41, 5.74) is 3.80. The first-order valence-corrected chi connectivity index (χ1v) is 10.6. The Labute approximate surface area is 180 Å². The number of rotatable bonds is 7. The number of hydrogen-bond donors (Lipinski definition) is 1. The maximum absolute atomic E-state index is 12.4. The van der Waals surface area contributed by atoms with Crippen molar-refractivity contribution >= 4 is 40.6 Å². The zero-order chi connectivity index (χ0) is 21.0.